The van der Waals surface area contributed by atoms with E-state index in [0.717, 1.165) is 11.5 Å². The van der Waals surface area contributed by atoms with Crippen LogP contribution in [0.5, 0.6) is 0 Å². The van der Waals surface area contributed by atoms with Crippen LogP contribution in [0.25, 0.3) is 0 Å². The average Bonchev–Trinajstić information content (AvgIpc) is 2.51. The molecule has 0 aromatic carbocycles. The molecule has 0 bridgehead atoms. The first kappa shape index (κ1) is 11.2. The summed E-state index contributed by atoms with van der Waals surface area (Å²) in [7, 11) is 1.96. The molecule has 4 nitrogen and oxygen atoms in total. The van der Waals surface area contributed by atoms with Crippen molar-refractivity contribution in [1.29, 1.82) is 0 Å². The molecule has 14 heavy (non-hydrogen) atoms. The molecule has 0 saturated heterocycles. The van der Waals surface area contributed by atoms with Gasteiger partial charge >= 0.3 is 0 Å². The van der Waals surface area contributed by atoms with Gasteiger partial charge in [-0.2, -0.15) is 0 Å². The minimum absolute atomic E-state index is 0.125. The van der Waals surface area contributed by atoms with Gasteiger partial charge in [0.15, 0.2) is 0 Å². The number of aryl methyl sites for hydroxylation is 1. The average molecular weight is 198 g/mol. The van der Waals surface area contributed by atoms with Crippen molar-refractivity contribution in [3.63, 3.8) is 0 Å². The Bertz CT molecular complexity index is 294. The van der Waals surface area contributed by atoms with Gasteiger partial charge in [-0.3, -0.25) is 4.90 Å². The predicted octanol–water partition coefficient (Wildman–Crippen LogP) is 1.19. The molecule has 0 atom stereocenters. The molecule has 0 radical (unpaired) electrons. The summed E-state index contributed by atoms with van der Waals surface area (Å²) < 4.78 is 4.97. The molecule has 0 aliphatic rings. The van der Waals surface area contributed by atoms with Crippen LogP contribution in [0.15, 0.2) is 10.6 Å². The van der Waals surface area contributed by atoms with Gasteiger partial charge in [0, 0.05) is 18.2 Å². The SMILES string of the molecule is Cc1cc(CN(C)C(C)(C)CO)no1. The van der Waals surface area contributed by atoms with E-state index < -0.39 is 0 Å². The van der Waals surface area contributed by atoms with Gasteiger partial charge in [0.05, 0.1) is 12.3 Å². The van der Waals surface area contributed by atoms with Crippen molar-refractivity contribution < 1.29 is 9.63 Å². The van der Waals surface area contributed by atoms with Crippen LogP contribution in [0.1, 0.15) is 25.3 Å². The van der Waals surface area contributed by atoms with Crippen LogP contribution >= 0.6 is 0 Å². The lowest BCUT2D eigenvalue weighted by Crippen LogP contribution is -2.43. The van der Waals surface area contributed by atoms with Crippen LogP contribution in [0.2, 0.25) is 0 Å². The smallest absolute Gasteiger partial charge is 0.133 e. The lowest BCUT2D eigenvalue weighted by atomic mass is 10.1. The minimum Gasteiger partial charge on any atom is -0.394 e. The highest BCUT2D eigenvalue weighted by molar-refractivity contribution is 5.03. The number of hydrogen-bond donors (Lipinski definition) is 1. The second kappa shape index (κ2) is 4.11. The third-order valence-corrected chi connectivity index (χ3v) is 2.50. The third kappa shape index (κ3) is 2.56. The van der Waals surface area contributed by atoms with Crippen LogP contribution in [0.4, 0.5) is 0 Å². The maximum absolute atomic E-state index is 9.16. The second-order valence-corrected chi connectivity index (χ2v) is 4.26. The molecule has 0 aliphatic heterocycles. The van der Waals surface area contributed by atoms with E-state index in [-0.39, 0.29) is 12.1 Å². The first-order valence-corrected chi connectivity index (χ1v) is 4.70. The quantitative estimate of drug-likeness (QED) is 0.789. The van der Waals surface area contributed by atoms with Gasteiger partial charge in [0.1, 0.15) is 5.76 Å². The number of hydrogen-bond acceptors (Lipinski definition) is 4. The highest BCUT2D eigenvalue weighted by Gasteiger charge is 2.23. The van der Waals surface area contributed by atoms with Crippen molar-refractivity contribution in [1.82, 2.24) is 10.1 Å². The summed E-state index contributed by atoms with van der Waals surface area (Å²) in [4.78, 5) is 2.05. The molecule has 1 rings (SSSR count). The molecule has 1 N–H and O–H groups in total. The van der Waals surface area contributed by atoms with Crippen LogP contribution in [-0.4, -0.2) is 34.4 Å². The Morgan fingerprint density at radius 3 is 2.64 bits per heavy atom. The van der Waals surface area contributed by atoms with Crippen LogP contribution in [0, 0.1) is 6.92 Å². The number of likely N-dealkylation sites (N-methyl/N-ethyl adjacent to an activating group) is 1. The summed E-state index contributed by atoms with van der Waals surface area (Å²) >= 11 is 0. The molecule has 0 saturated carbocycles. The lowest BCUT2D eigenvalue weighted by Gasteiger charge is -2.33. The molecule has 4 heteroatoms. The van der Waals surface area contributed by atoms with Crippen LogP contribution < -0.4 is 0 Å². The largest absolute Gasteiger partial charge is 0.394 e. The van der Waals surface area contributed by atoms with Gasteiger partial charge in [-0.1, -0.05) is 5.16 Å². The third-order valence-electron chi connectivity index (χ3n) is 2.50. The van der Waals surface area contributed by atoms with Crippen molar-refractivity contribution in [2.75, 3.05) is 13.7 Å². The Morgan fingerprint density at radius 1 is 1.57 bits per heavy atom. The number of aliphatic hydroxyl groups excluding tert-OH is 1. The van der Waals surface area contributed by atoms with Gasteiger partial charge in [0.2, 0.25) is 0 Å². The summed E-state index contributed by atoms with van der Waals surface area (Å²) in [6.07, 6.45) is 0. The second-order valence-electron chi connectivity index (χ2n) is 4.26. The standard InChI is InChI=1S/C10H18N2O2/c1-8-5-9(11-14-8)6-12(4)10(2,3)7-13/h5,13H,6-7H2,1-4H3. The van der Waals surface area contributed by atoms with Crippen LogP contribution in [0.3, 0.4) is 0 Å². The van der Waals surface area contributed by atoms with Gasteiger partial charge in [-0.25, -0.2) is 0 Å². The molecular formula is C10H18N2O2. The highest BCUT2D eigenvalue weighted by atomic mass is 16.5. The van der Waals surface area contributed by atoms with Crippen molar-refractivity contribution in [2.24, 2.45) is 0 Å². The predicted molar refractivity (Wildman–Crippen MR) is 53.9 cm³/mol. The Kier molecular flexibility index (Phi) is 3.29. The Hall–Kier alpha value is -0.870. The summed E-state index contributed by atoms with van der Waals surface area (Å²) in [5.74, 6) is 0.815. The first-order valence-electron chi connectivity index (χ1n) is 4.70. The topological polar surface area (TPSA) is 49.5 Å². The Morgan fingerprint density at radius 2 is 2.21 bits per heavy atom. The van der Waals surface area contributed by atoms with Crippen molar-refractivity contribution in [2.45, 2.75) is 32.9 Å². The molecule has 0 unspecified atom stereocenters. The van der Waals surface area contributed by atoms with E-state index in [1.165, 1.54) is 0 Å². The Labute approximate surface area is 84.5 Å². The van der Waals surface area contributed by atoms with E-state index >= 15 is 0 Å². The number of nitrogens with zero attached hydrogens (tertiary/aromatic N) is 2. The van der Waals surface area contributed by atoms with E-state index in [4.69, 9.17) is 9.63 Å². The minimum atomic E-state index is -0.229. The zero-order valence-electron chi connectivity index (χ0n) is 9.24. The van der Waals surface area contributed by atoms with Crippen molar-refractivity contribution in [3.8, 4) is 0 Å². The normalized spacial score (nSPS) is 12.4. The molecule has 80 valence electrons. The molecule has 0 aliphatic carbocycles. The summed E-state index contributed by atoms with van der Waals surface area (Å²) in [6.45, 7) is 6.65. The molecule has 1 aromatic rings. The molecule has 0 fully saturated rings. The van der Waals surface area contributed by atoms with Gasteiger partial charge in [-0.15, -0.1) is 0 Å². The van der Waals surface area contributed by atoms with Crippen molar-refractivity contribution in [3.05, 3.63) is 17.5 Å². The summed E-state index contributed by atoms with van der Waals surface area (Å²) in [5, 5.41) is 13.1. The summed E-state index contributed by atoms with van der Waals surface area (Å²) in [5.41, 5.74) is 0.666. The first-order chi connectivity index (χ1) is 6.45. The fourth-order valence-electron chi connectivity index (χ4n) is 1.07. The fraction of sp³-hybridized carbons (Fsp3) is 0.700. The van der Waals surface area contributed by atoms with Gasteiger partial charge in [0.25, 0.3) is 0 Å². The number of aromatic nitrogens is 1. The molecule has 0 spiro atoms. The fourth-order valence-corrected chi connectivity index (χ4v) is 1.07. The zero-order chi connectivity index (χ0) is 10.8. The maximum atomic E-state index is 9.16. The van der Waals surface area contributed by atoms with E-state index in [2.05, 4.69) is 5.16 Å². The molecule has 1 heterocycles. The van der Waals surface area contributed by atoms with Gasteiger partial charge < -0.3 is 9.63 Å². The van der Waals surface area contributed by atoms with E-state index in [1.807, 2.05) is 38.8 Å². The monoisotopic (exact) mass is 198 g/mol. The lowest BCUT2D eigenvalue weighted by molar-refractivity contribution is 0.0716. The molecule has 0 amide bonds. The van der Waals surface area contributed by atoms with E-state index in [9.17, 15) is 0 Å². The highest BCUT2D eigenvalue weighted by Crippen LogP contribution is 2.14. The van der Waals surface area contributed by atoms with Gasteiger partial charge in [-0.05, 0) is 27.8 Å². The zero-order valence-corrected chi connectivity index (χ0v) is 9.24. The molecule has 1 aromatic heterocycles. The van der Waals surface area contributed by atoms with E-state index in [0.29, 0.717) is 6.54 Å². The van der Waals surface area contributed by atoms with Crippen LogP contribution in [-0.2, 0) is 6.54 Å². The maximum Gasteiger partial charge on any atom is 0.133 e. The number of aliphatic hydroxyl groups is 1. The number of rotatable bonds is 4. The Balaban J connectivity index is 2.61. The van der Waals surface area contributed by atoms with E-state index in [1.54, 1.807) is 0 Å². The summed E-state index contributed by atoms with van der Waals surface area (Å²) in [6, 6.07) is 1.91. The van der Waals surface area contributed by atoms with Crippen molar-refractivity contribution >= 4 is 0 Å². The molecular weight excluding hydrogens is 180 g/mol.